The molecule has 0 atom stereocenters. The fraction of sp³-hybridized carbons (Fsp3) is 0.125. The van der Waals surface area contributed by atoms with Crippen LogP contribution in [0.25, 0.3) is 11.1 Å². The van der Waals surface area contributed by atoms with E-state index in [1.54, 1.807) is 36.4 Å². The number of anilines is 1. The maximum atomic E-state index is 12.0. The van der Waals surface area contributed by atoms with Gasteiger partial charge in [-0.05, 0) is 30.3 Å². The summed E-state index contributed by atoms with van der Waals surface area (Å²) in [5, 5.41) is 2.63. The van der Waals surface area contributed by atoms with Crippen molar-refractivity contribution >= 4 is 32.7 Å². The van der Waals surface area contributed by atoms with Crippen molar-refractivity contribution < 1.29 is 17.6 Å². The maximum absolute atomic E-state index is 12.0. The number of fused-ring (bicyclic) bond motifs is 1. The van der Waals surface area contributed by atoms with Crippen molar-refractivity contribution in [1.29, 1.82) is 0 Å². The summed E-state index contributed by atoms with van der Waals surface area (Å²) in [4.78, 5) is 25.7. The summed E-state index contributed by atoms with van der Waals surface area (Å²) < 4.78 is 31.3. The minimum atomic E-state index is -3.64. The monoisotopic (exact) mass is 361 g/mol. The molecule has 3 N–H and O–H groups in total. The average Bonchev–Trinajstić information content (AvgIpc) is 2.95. The van der Waals surface area contributed by atoms with Gasteiger partial charge in [-0.15, -0.1) is 0 Å². The Balaban J connectivity index is 1.56. The highest BCUT2D eigenvalue weighted by atomic mass is 32.2. The van der Waals surface area contributed by atoms with E-state index in [4.69, 9.17) is 4.42 Å². The van der Waals surface area contributed by atoms with Gasteiger partial charge in [0, 0.05) is 18.7 Å². The lowest BCUT2D eigenvalue weighted by atomic mass is 10.2. The first-order valence-electron chi connectivity index (χ1n) is 7.41. The van der Waals surface area contributed by atoms with Crippen molar-refractivity contribution in [3.63, 3.8) is 0 Å². The Labute approximate surface area is 142 Å². The van der Waals surface area contributed by atoms with Gasteiger partial charge in [0.1, 0.15) is 0 Å². The molecule has 0 aliphatic carbocycles. The summed E-state index contributed by atoms with van der Waals surface area (Å²) in [7, 11) is -3.64. The summed E-state index contributed by atoms with van der Waals surface area (Å²) in [6.45, 7) is -0.0339. The Morgan fingerprint density at radius 3 is 2.64 bits per heavy atom. The Bertz CT molecular complexity index is 1050. The van der Waals surface area contributed by atoms with E-state index in [2.05, 4.69) is 15.0 Å². The van der Waals surface area contributed by atoms with Gasteiger partial charge in [-0.1, -0.05) is 18.2 Å². The molecule has 25 heavy (non-hydrogen) atoms. The number of carbonyl (C=O) groups is 1. The normalized spacial score (nSPS) is 11.5. The molecule has 0 aliphatic rings. The standard InChI is InChI=1S/C16H15N3O5S/c20-15(8-9-17-25(22,23)12-4-2-1-3-5-12)18-11-6-7-14-13(10-11)19-16(21)24-14/h1-7,10,17H,8-9H2,(H,18,20)(H,19,21). The molecule has 0 unspecified atom stereocenters. The lowest BCUT2D eigenvalue weighted by Crippen LogP contribution is -2.27. The predicted octanol–water partition coefficient (Wildman–Crippen LogP) is 1.43. The number of carbonyl (C=O) groups excluding carboxylic acids is 1. The topological polar surface area (TPSA) is 121 Å². The van der Waals surface area contributed by atoms with Gasteiger partial charge in [-0.3, -0.25) is 9.78 Å². The van der Waals surface area contributed by atoms with E-state index in [-0.39, 0.29) is 23.8 Å². The third-order valence-corrected chi connectivity index (χ3v) is 4.88. The second-order valence-corrected chi connectivity index (χ2v) is 7.00. The smallest absolute Gasteiger partial charge is 0.408 e. The Hall–Kier alpha value is -2.91. The van der Waals surface area contributed by atoms with Crippen LogP contribution in [0.4, 0.5) is 5.69 Å². The van der Waals surface area contributed by atoms with E-state index in [0.29, 0.717) is 16.8 Å². The first-order valence-corrected chi connectivity index (χ1v) is 8.90. The molecule has 9 heteroatoms. The van der Waals surface area contributed by atoms with Crippen LogP contribution in [0.5, 0.6) is 0 Å². The highest BCUT2D eigenvalue weighted by Crippen LogP contribution is 2.16. The largest absolute Gasteiger partial charge is 0.417 e. The number of amides is 1. The van der Waals surface area contributed by atoms with Crippen LogP contribution in [0.2, 0.25) is 0 Å². The highest BCUT2D eigenvalue weighted by molar-refractivity contribution is 7.89. The number of aromatic nitrogens is 1. The molecule has 0 radical (unpaired) electrons. The maximum Gasteiger partial charge on any atom is 0.417 e. The second-order valence-electron chi connectivity index (χ2n) is 5.23. The van der Waals surface area contributed by atoms with Gasteiger partial charge in [0.05, 0.1) is 10.4 Å². The molecular formula is C16H15N3O5S. The zero-order valence-corrected chi connectivity index (χ0v) is 13.8. The summed E-state index contributed by atoms with van der Waals surface area (Å²) in [6.07, 6.45) is -0.0357. The fourth-order valence-electron chi connectivity index (χ4n) is 2.24. The number of rotatable bonds is 6. The molecule has 3 rings (SSSR count). The summed E-state index contributed by atoms with van der Waals surface area (Å²) >= 11 is 0. The first-order chi connectivity index (χ1) is 11.9. The van der Waals surface area contributed by atoms with Crippen LogP contribution >= 0.6 is 0 Å². The number of oxazole rings is 1. The zero-order chi connectivity index (χ0) is 17.9. The molecule has 3 aromatic rings. The molecule has 8 nitrogen and oxygen atoms in total. The minimum Gasteiger partial charge on any atom is -0.408 e. The van der Waals surface area contributed by atoms with Crippen molar-refractivity contribution in [2.24, 2.45) is 0 Å². The van der Waals surface area contributed by atoms with Crippen LogP contribution in [0, 0.1) is 0 Å². The van der Waals surface area contributed by atoms with E-state index >= 15 is 0 Å². The fourth-order valence-corrected chi connectivity index (χ4v) is 3.29. The zero-order valence-electron chi connectivity index (χ0n) is 13.0. The highest BCUT2D eigenvalue weighted by Gasteiger charge is 2.13. The van der Waals surface area contributed by atoms with E-state index in [1.807, 2.05) is 0 Å². The molecular weight excluding hydrogens is 346 g/mol. The number of aromatic amines is 1. The van der Waals surface area contributed by atoms with E-state index in [9.17, 15) is 18.0 Å². The lowest BCUT2D eigenvalue weighted by molar-refractivity contribution is -0.116. The van der Waals surface area contributed by atoms with Crippen LogP contribution in [0.3, 0.4) is 0 Å². The van der Waals surface area contributed by atoms with Gasteiger partial charge < -0.3 is 9.73 Å². The van der Waals surface area contributed by atoms with E-state index < -0.39 is 15.8 Å². The summed E-state index contributed by atoms with van der Waals surface area (Å²) in [5.74, 6) is -0.935. The van der Waals surface area contributed by atoms with Crippen LogP contribution in [0.1, 0.15) is 6.42 Å². The van der Waals surface area contributed by atoms with Gasteiger partial charge >= 0.3 is 5.76 Å². The third-order valence-electron chi connectivity index (χ3n) is 3.40. The molecule has 0 saturated heterocycles. The van der Waals surface area contributed by atoms with Crippen LogP contribution in [0.15, 0.2) is 62.6 Å². The average molecular weight is 361 g/mol. The number of H-pyrrole nitrogens is 1. The molecule has 0 spiro atoms. The molecule has 0 fully saturated rings. The van der Waals surface area contributed by atoms with Gasteiger partial charge in [0.15, 0.2) is 5.58 Å². The molecule has 2 aromatic carbocycles. The quantitative estimate of drug-likeness (QED) is 0.613. The molecule has 130 valence electrons. The Kier molecular flexibility index (Phi) is 4.68. The minimum absolute atomic E-state index is 0.0339. The number of sulfonamides is 1. The number of hydrogen-bond acceptors (Lipinski definition) is 5. The van der Waals surface area contributed by atoms with Gasteiger partial charge in [-0.25, -0.2) is 17.9 Å². The number of benzene rings is 2. The van der Waals surface area contributed by atoms with E-state index in [0.717, 1.165) is 0 Å². The Morgan fingerprint density at radius 1 is 1.12 bits per heavy atom. The molecule has 0 bridgehead atoms. The van der Waals surface area contributed by atoms with Crippen molar-refractivity contribution in [2.45, 2.75) is 11.3 Å². The molecule has 0 aliphatic heterocycles. The summed E-state index contributed by atoms with van der Waals surface area (Å²) in [5.41, 5.74) is 1.33. The molecule has 1 heterocycles. The number of nitrogens with one attached hydrogen (secondary N) is 3. The molecule has 0 saturated carbocycles. The number of hydrogen-bond donors (Lipinski definition) is 3. The van der Waals surface area contributed by atoms with Crippen molar-refractivity contribution in [3.05, 3.63) is 59.1 Å². The predicted molar refractivity (Wildman–Crippen MR) is 91.7 cm³/mol. The molecule has 1 aromatic heterocycles. The second kappa shape index (κ2) is 6.91. The van der Waals surface area contributed by atoms with Gasteiger partial charge in [-0.2, -0.15) is 0 Å². The molecule has 1 amide bonds. The lowest BCUT2D eigenvalue weighted by Gasteiger charge is -2.07. The third kappa shape index (κ3) is 4.14. The van der Waals surface area contributed by atoms with Crippen molar-refractivity contribution in [2.75, 3.05) is 11.9 Å². The van der Waals surface area contributed by atoms with E-state index in [1.165, 1.54) is 12.1 Å². The Morgan fingerprint density at radius 2 is 1.88 bits per heavy atom. The van der Waals surface area contributed by atoms with Crippen molar-refractivity contribution in [3.8, 4) is 0 Å². The van der Waals surface area contributed by atoms with Gasteiger partial charge in [0.2, 0.25) is 15.9 Å². The van der Waals surface area contributed by atoms with Crippen LogP contribution < -0.4 is 15.8 Å². The SMILES string of the molecule is O=C(CCNS(=O)(=O)c1ccccc1)Nc1ccc2oc(=O)[nH]c2c1. The van der Waals surface area contributed by atoms with Gasteiger partial charge in [0.25, 0.3) is 0 Å². The van der Waals surface area contributed by atoms with Crippen LogP contribution in [-0.4, -0.2) is 25.9 Å². The summed E-state index contributed by atoms with van der Waals surface area (Å²) in [6, 6.07) is 12.6. The van der Waals surface area contributed by atoms with Crippen LogP contribution in [-0.2, 0) is 14.8 Å². The first kappa shape index (κ1) is 16.9. The van der Waals surface area contributed by atoms with Crippen molar-refractivity contribution in [1.82, 2.24) is 9.71 Å².